The van der Waals surface area contributed by atoms with E-state index in [4.69, 9.17) is 5.73 Å². The summed E-state index contributed by atoms with van der Waals surface area (Å²) in [5.74, 6) is 0.516. The minimum atomic E-state index is -3.43. The van der Waals surface area contributed by atoms with Gasteiger partial charge >= 0.3 is 0 Å². The lowest BCUT2D eigenvalue weighted by Crippen LogP contribution is -2.34. The molecule has 106 valence electrons. The van der Waals surface area contributed by atoms with Gasteiger partial charge in [-0.05, 0) is 55.9 Å². The second kappa shape index (κ2) is 5.13. The summed E-state index contributed by atoms with van der Waals surface area (Å²) < 4.78 is 26.7. The largest absolute Gasteiger partial charge is 0.398 e. The molecule has 0 amide bonds. The molecule has 4 nitrogen and oxygen atoms in total. The molecule has 2 N–H and O–H groups in total. The molecule has 1 fully saturated rings. The van der Waals surface area contributed by atoms with Gasteiger partial charge in [-0.3, -0.25) is 0 Å². The van der Waals surface area contributed by atoms with Crippen molar-refractivity contribution < 1.29 is 8.42 Å². The van der Waals surface area contributed by atoms with Crippen molar-refractivity contribution in [3.05, 3.63) is 23.3 Å². The van der Waals surface area contributed by atoms with Crippen molar-refractivity contribution in [2.45, 2.75) is 38.0 Å². The van der Waals surface area contributed by atoms with Crippen molar-refractivity contribution in [1.82, 2.24) is 4.31 Å². The van der Waals surface area contributed by atoms with Gasteiger partial charge in [0.25, 0.3) is 0 Å². The molecule has 0 unspecified atom stereocenters. The first kappa shape index (κ1) is 14.3. The Morgan fingerprint density at radius 2 is 1.95 bits per heavy atom. The van der Waals surface area contributed by atoms with Crippen LogP contribution in [0, 0.1) is 19.8 Å². The van der Waals surface area contributed by atoms with Crippen molar-refractivity contribution in [2.75, 3.05) is 19.3 Å². The molecular formula is C14H22N2O2S. The molecule has 1 aromatic carbocycles. The molecule has 1 saturated carbocycles. The molecule has 0 atom stereocenters. The van der Waals surface area contributed by atoms with Crippen LogP contribution in [0.25, 0.3) is 0 Å². The summed E-state index contributed by atoms with van der Waals surface area (Å²) in [6, 6.07) is 3.51. The van der Waals surface area contributed by atoms with E-state index in [-0.39, 0.29) is 0 Å². The second-order valence-corrected chi connectivity index (χ2v) is 7.57. The first-order valence-electron chi connectivity index (χ1n) is 6.65. The Labute approximate surface area is 115 Å². The van der Waals surface area contributed by atoms with Gasteiger partial charge in [-0.2, -0.15) is 0 Å². The molecule has 1 aromatic rings. The summed E-state index contributed by atoms with van der Waals surface area (Å²) >= 11 is 0. The standard InChI is InChI=1S/C14H22N2O2S/c1-10-7-13(15)11(2)14(8-10)19(17,18)16(3)9-12-5-4-6-12/h7-8,12H,4-6,9,15H2,1-3H3. The maximum atomic E-state index is 12.6. The number of nitrogen functional groups attached to an aromatic ring is 1. The van der Waals surface area contributed by atoms with Crippen molar-refractivity contribution in [1.29, 1.82) is 0 Å². The summed E-state index contributed by atoms with van der Waals surface area (Å²) in [7, 11) is -1.77. The number of anilines is 1. The van der Waals surface area contributed by atoms with Crippen LogP contribution in [0.1, 0.15) is 30.4 Å². The Bertz CT molecular complexity index is 577. The van der Waals surface area contributed by atoms with Gasteiger partial charge in [0.1, 0.15) is 0 Å². The molecule has 5 heteroatoms. The molecule has 0 spiro atoms. The zero-order valence-electron chi connectivity index (χ0n) is 11.8. The van der Waals surface area contributed by atoms with E-state index < -0.39 is 10.0 Å². The van der Waals surface area contributed by atoms with Crippen LogP contribution in [0.3, 0.4) is 0 Å². The number of nitrogens with zero attached hydrogens (tertiary/aromatic N) is 1. The summed E-state index contributed by atoms with van der Waals surface area (Å²) in [6.07, 6.45) is 3.48. The molecule has 1 aliphatic carbocycles. The van der Waals surface area contributed by atoms with Crippen LogP contribution in [-0.4, -0.2) is 26.3 Å². The molecule has 0 aliphatic heterocycles. The lowest BCUT2D eigenvalue weighted by atomic mass is 9.86. The molecule has 0 aromatic heterocycles. The third-order valence-electron chi connectivity index (χ3n) is 3.97. The summed E-state index contributed by atoms with van der Waals surface area (Å²) in [5, 5.41) is 0. The zero-order chi connectivity index (χ0) is 14.2. The van der Waals surface area contributed by atoms with E-state index in [9.17, 15) is 8.42 Å². The maximum Gasteiger partial charge on any atom is 0.243 e. The second-order valence-electron chi connectivity index (χ2n) is 5.56. The molecule has 0 bridgehead atoms. The number of sulfonamides is 1. The highest BCUT2D eigenvalue weighted by Gasteiger charge is 2.28. The summed E-state index contributed by atoms with van der Waals surface area (Å²) in [6.45, 7) is 4.23. The fourth-order valence-electron chi connectivity index (χ4n) is 2.43. The van der Waals surface area contributed by atoms with Crippen molar-refractivity contribution >= 4 is 15.7 Å². The highest BCUT2D eigenvalue weighted by molar-refractivity contribution is 7.89. The zero-order valence-corrected chi connectivity index (χ0v) is 12.6. The Balaban J connectivity index is 2.32. The molecule has 19 heavy (non-hydrogen) atoms. The Morgan fingerprint density at radius 3 is 2.47 bits per heavy atom. The van der Waals surface area contributed by atoms with E-state index in [1.54, 1.807) is 26.1 Å². The third-order valence-corrected chi connectivity index (χ3v) is 5.92. The fraction of sp³-hybridized carbons (Fsp3) is 0.571. The van der Waals surface area contributed by atoms with Crippen LogP contribution in [0.5, 0.6) is 0 Å². The van der Waals surface area contributed by atoms with Crippen LogP contribution < -0.4 is 5.73 Å². The first-order valence-corrected chi connectivity index (χ1v) is 8.09. The van der Waals surface area contributed by atoms with Crippen LogP contribution >= 0.6 is 0 Å². The summed E-state index contributed by atoms with van der Waals surface area (Å²) in [5.41, 5.74) is 7.93. The van der Waals surface area contributed by atoms with Crippen LogP contribution in [0.15, 0.2) is 17.0 Å². The molecule has 0 saturated heterocycles. The predicted octanol–water partition coefficient (Wildman–Crippen LogP) is 2.31. The number of rotatable bonds is 4. The molecule has 0 radical (unpaired) electrons. The monoisotopic (exact) mass is 282 g/mol. The van der Waals surface area contributed by atoms with Gasteiger partial charge < -0.3 is 5.73 Å². The van der Waals surface area contributed by atoms with Gasteiger partial charge in [0, 0.05) is 19.3 Å². The van der Waals surface area contributed by atoms with E-state index in [0.29, 0.717) is 28.6 Å². The number of hydrogen-bond donors (Lipinski definition) is 1. The molecule has 0 heterocycles. The number of benzene rings is 1. The molecular weight excluding hydrogens is 260 g/mol. The molecule has 1 aliphatic rings. The Hall–Kier alpha value is -1.07. The Morgan fingerprint density at radius 1 is 1.32 bits per heavy atom. The smallest absolute Gasteiger partial charge is 0.243 e. The lowest BCUT2D eigenvalue weighted by molar-refractivity contribution is 0.263. The van der Waals surface area contributed by atoms with Gasteiger partial charge in [0.15, 0.2) is 0 Å². The van der Waals surface area contributed by atoms with Gasteiger partial charge in [-0.25, -0.2) is 12.7 Å². The van der Waals surface area contributed by atoms with Crippen LogP contribution in [-0.2, 0) is 10.0 Å². The normalized spacial score (nSPS) is 16.6. The first-order chi connectivity index (χ1) is 8.82. The van der Waals surface area contributed by atoms with Crippen molar-refractivity contribution in [3.8, 4) is 0 Å². The van der Waals surface area contributed by atoms with E-state index >= 15 is 0 Å². The number of nitrogens with two attached hydrogens (primary N) is 1. The van der Waals surface area contributed by atoms with Gasteiger partial charge in [0.05, 0.1) is 4.90 Å². The SMILES string of the molecule is Cc1cc(N)c(C)c(S(=O)(=O)N(C)CC2CCC2)c1. The average molecular weight is 282 g/mol. The highest BCUT2D eigenvalue weighted by atomic mass is 32.2. The van der Waals surface area contributed by atoms with Gasteiger partial charge in [-0.1, -0.05) is 6.42 Å². The number of hydrogen-bond acceptors (Lipinski definition) is 3. The lowest BCUT2D eigenvalue weighted by Gasteiger charge is -2.30. The van der Waals surface area contributed by atoms with Crippen molar-refractivity contribution in [3.63, 3.8) is 0 Å². The molecule has 2 rings (SSSR count). The summed E-state index contributed by atoms with van der Waals surface area (Å²) in [4.78, 5) is 0.340. The van der Waals surface area contributed by atoms with Crippen molar-refractivity contribution in [2.24, 2.45) is 5.92 Å². The Kier molecular flexibility index (Phi) is 3.87. The third kappa shape index (κ3) is 2.77. The topological polar surface area (TPSA) is 63.4 Å². The maximum absolute atomic E-state index is 12.6. The minimum Gasteiger partial charge on any atom is -0.398 e. The van der Waals surface area contributed by atoms with Crippen LogP contribution in [0.2, 0.25) is 0 Å². The van der Waals surface area contributed by atoms with E-state index in [1.165, 1.54) is 10.7 Å². The van der Waals surface area contributed by atoms with Gasteiger partial charge in [-0.15, -0.1) is 0 Å². The highest BCUT2D eigenvalue weighted by Crippen LogP contribution is 2.30. The predicted molar refractivity (Wildman–Crippen MR) is 77.5 cm³/mol. The van der Waals surface area contributed by atoms with E-state index in [1.807, 2.05) is 6.92 Å². The minimum absolute atomic E-state index is 0.340. The van der Waals surface area contributed by atoms with E-state index in [2.05, 4.69) is 0 Å². The van der Waals surface area contributed by atoms with E-state index in [0.717, 1.165) is 18.4 Å². The van der Waals surface area contributed by atoms with Gasteiger partial charge in [0.2, 0.25) is 10.0 Å². The quantitative estimate of drug-likeness (QED) is 0.862. The van der Waals surface area contributed by atoms with Crippen LogP contribution in [0.4, 0.5) is 5.69 Å². The number of aryl methyl sites for hydroxylation is 1. The fourth-order valence-corrected chi connectivity index (χ4v) is 4.01. The average Bonchev–Trinajstić information content (AvgIpc) is 2.27.